The van der Waals surface area contributed by atoms with Crippen molar-refractivity contribution in [3.63, 3.8) is 0 Å². The van der Waals surface area contributed by atoms with Crippen LogP contribution in [-0.2, 0) is 11.2 Å². The molecule has 0 bridgehead atoms. The number of aliphatic carboxylic acids is 1. The fourth-order valence-corrected chi connectivity index (χ4v) is 1.96. The van der Waals surface area contributed by atoms with Gasteiger partial charge in [0.2, 0.25) is 0 Å². The maximum absolute atomic E-state index is 10.9. The number of carboxylic acids is 2. The number of aromatic nitrogens is 1. The molecule has 0 radical (unpaired) electrons. The van der Waals surface area contributed by atoms with Gasteiger partial charge in [0.15, 0.2) is 11.6 Å². The predicted octanol–water partition coefficient (Wildman–Crippen LogP) is 2.17. The molecule has 6 nitrogen and oxygen atoms in total. The molecule has 1 unspecified atom stereocenters. The summed E-state index contributed by atoms with van der Waals surface area (Å²) in [6.07, 6.45) is 1.22. The monoisotopic (exact) mass is 275 g/mol. The molecule has 0 aliphatic rings. The van der Waals surface area contributed by atoms with Crippen LogP contribution in [0.3, 0.4) is 0 Å². The summed E-state index contributed by atoms with van der Waals surface area (Å²) >= 11 is 0. The molecule has 104 valence electrons. The fraction of sp³-hybridized carbons (Fsp3) is 0.214. The summed E-state index contributed by atoms with van der Waals surface area (Å²) in [5.74, 6) is -2.19. The minimum atomic E-state index is -1.17. The molecule has 0 saturated heterocycles. The van der Waals surface area contributed by atoms with Gasteiger partial charge in [-0.05, 0) is 5.56 Å². The summed E-state index contributed by atoms with van der Waals surface area (Å²) in [4.78, 5) is 25.5. The van der Waals surface area contributed by atoms with Crippen LogP contribution in [-0.4, -0.2) is 27.1 Å². The fourth-order valence-electron chi connectivity index (χ4n) is 1.96. The van der Waals surface area contributed by atoms with Gasteiger partial charge in [-0.25, -0.2) is 9.78 Å². The van der Waals surface area contributed by atoms with Gasteiger partial charge in [0.1, 0.15) is 6.26 Å². The van der Waals surface area contributed by atoms with Gasteiger partial charge >= 0.3 is 11.9 Å². The normalized spacial score (nSPS) is 12.0. The van der Waals surface area contributed by atoms with Crippen molar-refractivity contribution in [2.24, 2.45) is 0 Å². The van der Waals surface area contributed by atoms with Crippen molar-refractivity contribution in [3.8, 4) is 0 Å². The van der Waals surface area contributed by atoms with Crippen molar-refractivity contribution >= 4 is 11.9 Å². The van der Waals surface area contributed by atoms with E-state index >= 15 is 0 Å². The number of carboxylic acid groups (broad SMARTS) is 2. The SMILES string of the molecule is O=C(O)CC(Cc1nc(C(=O)O)co1)c1ccccc1. The molecule has 0 spiro atoms. The summed E-state index contributed by atoms with van der Waals surface area (Å²) < 4.78 is 5.07. The van der Waals surface area contributed by atoms with Crippen LogP contribution in [0.1, 0.15) is 34.3 Å². The molecule has 0 amide bonds. The molecule has 1 heterocycles. The highest BCUT2D eigenvalue weighted by molar-refractivity contribution is 5.84. The number of aromatic carboxylic acids is 1. The Morgan fingerprint density at radius 3 is 2.45 bits per heavy atom. The maximum atomic E-state index is 10.9. The molecule has 6 heteroatoms. The van der Waals surface area contributed by atoms with E-state index in [1.807, 2.05) is 30.3 Å². The maximum Gasteiger partial charge on any atom is 0.357 e. The van der Waals surface area contributed by atoms with E-state index in [0.717, 1.165) is 11.8 Å². The Kier molecular flexibility index (Phi) is 4.14. The van der Waals surface area contributed by atoms with Crippen molar-refractivity contribution in [1.29, 1.82) is 0 Å². The molecule has 20 heavy (non-hydrogen) atoms. The zero-order valence-corrected chi connectivity index (χ0v) is 10.5. The number of hydrogen-bond acceptors (Lipinski definition) is 4. The molecule has 2 aromatic rings. The third kappa shape index (κ3) is 3.44. The Bertz CT molecular complexity index is 605. The second-order valence-corrected chi connectivity index (χ2v) is 4.34. The van der Waals surface area contributed by atoms with E-state index in [1.165, 1.54) is 0 Å². The van der Waals surface area contributed by atoms with Crippen molar-refractivity contribution < 1.29 is 24.2 Å². The lowest BCUT2D eigenvalue weighted by atomic mass is 9.92. The summed E-state index contributed by atoms with van der Waals surface area (Å²) in [7, 11) is 0. The molecular formula is C14H13NO5. The van der Waals surface area contributed by atoms with Crippen LogP contribution in [0.25, 0.3) is 0 Å². The van der Waals surface area contributed by atoms with Gasteiger partial charge < -0.3 is 14.6 Å². The van der Waals surface area contributed by atoms with Crippen molar-refractivity contribution in [2.75, 3.05) is 0 Å². The first kappa shape index (κ1) is 13.8. The molecule has 0 saturated carbocycles. The second kappa shape index (κ2) is 6.01. The predicted molar refractivity (Wildman–Crippen MR) is 68.6 cm³/mol. The van der Waals surface area contributed by atoms with Crippen molar-refractivity contribution in [2.45, 2.75) is 18.8 Å². The van der Waals surface area contributed by atoms with Crippen LogP contribution >= 0.6 is 0 Å². The van der Waals surface area contributed by atoms with Gasteiger partial charge in [0.05, 0.1) is 6.42 Å². The molecule has 0 aliphatic carbocycles. The summed E-state index contributed by atoms with van der Waals surface area (Å²) in [5.41, 5.74) is 0.673. The molecule has 2 rings (SSSR count). The van der Waals surface area contributed by atoms with Gasteiger partial charge in [0.25, 0.3) is 0 Å². The quantitative estimate of drug-likeness (QED) is 0.837. The number of nitrogens with zero attached hydrogens (tertiary/aromatic N) is 1. The largest absolute Gasteiger partial charge is 0.481 e. The number of benzene rings is 1. The van der Waals surface area contributed by atoms with Crippen LogP contribution in [0, 0.1) is 0 Å². The van der Waals surface area contributed by atoms with Gasteiger partial charge in [-0.2, -0.15) is 0 Å². The average Bonchev–Trinajstić information content (AvgIpc) is 2.87. The van der Waals surface area contributed by atoms with Crippen LogP contribution in [0.5, 0.6) is 0 Å². The van der Waals surface area contributed by atoms with Gasteiger partial charge in [-0.3, -0.25) is 4.79 Å². The second-order valence-electron chi connectivity index (χ2n) is 4.34. The number of rotatable bonds is 6. The van der Waals surface area contributed by atoms with E-state index in [9.17, 15) is 9.59 Å². The molecule has 0 fully saturated rings. The Morgan fingerprint density at radius 2 is 1.90 bits per heavy atom. The Labute approximate surface area is 114 Å². The van der Waals surface area contributed by atoms with E-state index < -0.39 is 11.9 Å². The van der Waals surface area contributed by atoms with Gasteiger partial charge in [0, 0.05) is 12.3 Å². The Morgan fingerprint density at radius 1 is 1.20 bits per heavy atom. The molecular weight excluding hydrogens is 262 g/mol. The number of oxazole rings is 1. The average molecular weight is 275 g/mol. The lowest BCUT2D eigenvalue weighted by Crippen LogP contribution is -2.09. The molecule has 1 atom stereocenters. The smallest absolute Gasteiger partial charge is 0.357 e. The lowest BCUT2D eigenvalue weighted by molar-refractivity contribution is -0.137. The summed E-state index contributed by atoms with van der Waals surface area (Å²) in [5, 5.41) is 17.7. The van der Waals surface area contributed by atoms with Gasteiger partial charge in [-0.1, -0.05) is 30.3 Å². The number of carbonyl (C=O) groups is 2. The van der Waals surface area contributed by atoms with E-state index in [1.54, 1.807) is 0 Å². The molecule has 2 N–H and O–H groups in total. The minimum absolute atomic E-state index is 0.0746. The van der Waals surface area contributed by atoms with Crippen LogP contribution < -0.4 is 0 Å². The topological polar surface area (TPSA) is 101 Å². The van der Waals surface area contributed by atoms with Crippen molar-refractivity contribution in [3.05, 3.63) is 53.7 Å². The third-order valence-corrected chi connectivity index (χ3v) is 2.88. The summed E-state index contributed by atoms with van der Waals surface area (Å²) in [6.45, 7) is 0. The first-order chi connectivity index (χ1) is 9.56. The first-order valence-corrected chi connectivity index (χ1v) is 6.00. The standard InChI is InChI=1S/C14H13NO5/c16-13(17)7-10(9-4-2-1-3-5-9)6-12-15-11(8-20-12)14(18)19/h1-5,8,10H,6-7H2,(H,16,17)(H,18,19). The highest BCUT2D eigenvalue weighted by Gasteiger charge is 2.20. The Balaban J connectivity index is 2.19. The van der Waals surface area contributed by atoms with E-state index in [4.69, 9.17) is 14.6 Å². The van der Waals surface area contributed by atoms with Crippen LogP contribution in [0.2, 0.25) is 0 Å². The summed E-state index contributed by atoms with van der Waals surface area (Å²) in [6, 6.07) is 9.14. The third-order valence-electron chi connectivity index (χ3n) is 2.88. The van der Waals surface area contributed by atoms with E-state index in [2.05, 4.69) is 4.98 Å². The van der Waals surface area contributed by atoms with Gasteiger partial charge in [-0.15, -0.1) is 0 Å². The van der Waals surface area contributed by atoms with E-state index in [0.29, 0.717) is 0 Å². The van der Waals surface area contributed by atoms with E-state index in [-0.39, 0.29) is 30.3 Å². The number of hydrogen-bond donors (Lipinski definition) is 2. The lowest BCUT2D eigenvalue weighted by Gasteiger charge is -2.13. The Hall–Kier alpha value is -2.63. The van der Waals surface area contributed by atoms with Crippen molar-refractivity contribution in [1.82, 2.24) is 4.98 Å². The zero-order valence-electron chi connectivity index (χ0n) is 10.5. The molecule has 1 aromatic heterocycles. The minimum Gasteiger partial charge on any atom is -0.481 e. The first-order valence-electron chi connectivity index (χ1n) is 6.00. The highest BCUT2D eigenvalue weighted by atomic mass is 16.4. The highest BCUT2D eigenvalue weighted by Crippen LogP contribution is 2.24. The molecule has 1 aromatic carbocycles. The van der Waals surface area contributed by atoms with Crippen LogP contribution in [0.15, 0.2) is 41.0 Å². The van der Waals surface area contributed by atoms with Crippen LogP contribution in [0.4, 0.5) is 0 Å². The zero-order chi connectivity index (χ0) is 14.5. The molecule has 0 aliphatic heterocycles.